The molecule has 6 nitrogen and oxygen atoms in total. The summed E-state index contributed by atoms with van der Waals surface area (Å²) < 4.78 is 26.0. The van der Waals surface area contributed by atoms with Gasteiger partial charge in [-0.3, -0.25) is 9.69 Å². The van der Waals surface area contributed by atoms with Crippen LogP contribution < -0.4 is 4.74 Å². The van der Waals surface area contributed by atoms with E-state index in [0.29, 0.717) is 22.9 Å². The molecular weight excluding hydrogens is 502 g/mol. The molecule has 0 radical (unpaired) electrons. The van der Waals surface area contributed by atoms with Crippen molar-refractivity contribution in [1.82, 2.24) is 4.90 Å². The fraction of sp³-hybridized carbons (Fsp3) is 0.516. The third-order valence-electron chi connectivity index (χ3n) is 9.77. The first-order valence-corrected chi connectivity index (χ1v) is 14.5. The van der Waals surface area contributed by atoms with Gasteiger partial charge in [-0.2, -0.15) is 0 Å². The highest BCUT2D eigenvalue weighted by molar-refractivity contribution is 6.30. The summed E-state index contributed by atoms with van der Waals surface area (Å²) in [6, 6.07) is 15.6. The Bertz CT molecular complexity index is 1300. The first-order valence-electron chi connectivity index (χ1n) is 14.1. The number of rotatable bonds is 2. The fourth-order valence-corrected chi connectivity index (χ4v) is 8.39. The van der Waals surface area contributed by atoms with Gasteiger partial charge in [-0.1, -0.05) is 42.3 Å². The Labute approximate surface area is 227 Å². The van der Waals surface area contributed by atoms with Crippen LogP contribution in [0.15, 0.2) is 60.4 Å². The van der Waals surface area contributed by atoms with Gasteiger partial charge in [-0.25, -0.2) is 0 Å². The van der Waals surface area contributed by atoms with Gasteiger partial charge in [-0.15, -0.1) is 0 Å². The second kappa shape index (κ2) is 8.56. The Morgan fingerprint density at radius 3 is 2.58 bits per heavy atom. The summed E-state index contributed by atoms with van der Waals surface area (Å²) in [6.07, 6.45) is 8.79. The second-order valence-corrected chi connectivity index (χ2v) is 12.2. The smallest absolute Gasteiger partial charge is 0.232 e. The molecule has 7 heteroatoms. The average Bonchev–Trinajstić information content (AvgIpc) is 3.67. The number of hydrogen-bond donors (Lipinski definition) is 0. The highest BCUT2D eigenvalue weighted by Gasteiger charge is 2.68. The standard InChI is InChI=1S/C31H32ClNO5/c32-20-12-10-19(11-13-20)26-22-8-6-16-33(22)27(31(26)18-35-23-9-3-2-7-21(23)28(31)34)24-17-25-29(36-24)38-30(37-25)14-4-1-5-15-30/h2-3,7,9-13,17,22,25-27,29H,1,4-6,8,14-16,18H2/t22-,25+,26+,27-,29+,31+/m1/s1. The zero-order chi connectivity index (χ0) is 25.5. The highest BCUT2D eigenvalue weighted by atomic mass is 35.5. The quantitative estimate of drug-likeness (QED) is 0.483. The summed E-state index contributed by atoms with van der Waals surface area (Å²) in [5, 5.41) is 0.692. The largest absolute Gasteiger partial charge is 0.492 e. The van der Waals surface area contributed by atoms with Crippen molar-refractivity contribution in [2.24, 2.45) is 5.41 Å². The van der Waals surface area contributed by atoms with E-state index in [9.17, 15) is 4.79 Å². The van der Waals surface area contributed by atoms with E-state index in [1.807, 2.05) is 36.4 Å². The lowest BCUT2D eigenvalue weighted by Crippen LogP contribution is -2.53. The number of ether oxygens (including phenoxy) is 4. The molecule has 4 fully saturated rings. The molecule has 0 bridgehead atoms. The predicted molar refractivity (Wildman–Crippen MR) is 141 cm³/mol. The van der Waals surface area contributed by atoms with Crippen LogP contribution in [0, 0.1) is 5.41 Å². The fourth-order valence-electron chi connectivity index (χ4n) is 8.27. The van der Waals surface area contributed by atoms with E-state index >= 15 is 0 Å². The van der Waals surface area contributed by atoms with Gasteiger partial charge in [0.2, 0.25) is 6.29 Å². The van der Waals surface area contributed by atoms with E-state index in [-0.39, 0.29) is 29.9 Å². The van der Waals surface area contributed by atoms with E-state index < -0.39 is 17.5 Å². The molecule has 1 saturated carbocycles. The molecule has 0 amide bonds. The van der Waals surface area contributed by atoms with Crippen LogP contribution in [-0.2, 0) is 14.2 Å². The third kappa shape index (κ3) is 3.27. The van der Waals surface area contributed by atoms with Gasteiger partial charge in [0.1, 0.15) is 24.2 Å². The Morgan fingerprint density at radius 2 is 1.76 bits per heavy atom. The third-order valence-corrected chi connectivity index (χ3v) is 10.0. The molecule has 2 spiro atoms. The van der Waals surface area contributed by atoms with E-state index in [1.165, 1.54) is 6.42 Å². The van der Waals surface area contributed by atoms with Crippen LogP contribution in [0.5, 0.6) is 5.75 Å². The van der Waals surface area contributed by atoms with Gasteiger partial charge < -0.3 is 18.9 Å². The molecule has 6 aliphatic rings. The van der Waals surface area contributed by atoms with Crippen LogP contribution in [0.3, 0.4) is 0 Å². The second-order valence-electron chi connectivity index (χ2n) is 11.8. The SMILES string of the molecule is O=C1c2ccccc2OC[C@@]12[C@@H](c1ccc(Cl)cc1)[C@H]1CCCN1[C@@H]2C1=C[C@@H]2OC3(CCCCC3)O[C@@H]2O1. The van der Waals surface area contributed by atoms with Crippen molar-refractivity contribution >= 4 is 17.4 Å². The Balaban J connectivity index is 1.24. The van der Waals surface area contributed by atoms with Crippen molar-refractivity contribution in [3.05, 3.63) is 76.5 Å². The molecule has 5 aliphatic heterocycles. The number of benzene rings is 2. The van der Waals surface area contributed by atoms with Gasteiger partial charge in [-0.05, 0) is 68.1 Å². The maximum atomic E-state index is 14.7. The van der Waals surface area contributed by atoms with E-state index in [4.69, 9.17) is 30.5 Å². The maximum absolute atomic E-state index is 14.7. The highest BCUT2D eigenvalue weighted by Crippen LogP contribution is 2.61. The van der Waals surface area contributed by atoms with Crippen molar-refractivity contribution in [3.63, 3.8) is 0 Å². The van der Waals surface area contributed by atoms with Crippen LogP contribution >= 0.6 is 11.6 Å². The van der Waals surface area contributed by atoms with Crippen LogP contribution in [0.2, 0.25) is 5.02 Å². The first-order chi connectivity index (χ1) is 18.6. The summed E-state index contributed by atoms with van der Waals surface area (Å²) in [5.74, 6) is 1.02. The summed E-state index contributed by atoms with van der Waals surface area (Å²) in [5.41, 5.74) is 0.939. The summed E-state index contributed by atoms with van der Waals surface area (Å²) >= 11 is 6.29. The zero-order valence-corrected chi connectivity index (χ0v) is 22.1. The monoisotopic (exact) mass is 533 g/mol. The number of fused-ring (bicyclic) bond motifs is 3. The normalized spacial score (nSPS) is 37.0. The molecule has 0 aromatic heterocycles. The minimum Gasteiger partial charge on any atom is -0.492 e. The minimum atomic E-state index is -0.833. The number of ketones is 1. The maximum Gasteiger partial charge on any atom is 0.232 e. The molecule has 3 saturated heterocycles. The minimum absolute atomic E-state index is 0.0513. The molecule has 6 atom stereocenters. The van der Waals surface area contributed by atoms with Crippen molar-refractivity contribution in [2.75, 3.05) is 13.2 Å². The summed E-state index contributed by atoms with van der Waals surface area (Å²) in [6.45, 7) is 1.22. The van der Waals surface area contributed by atoms with Gasteiger partial charge in [0.15, 0.2) is 11.6 Å². The summed E-state index contributed by atoms with van der Waals surface area (Å²) in [7, 11) is 0. The lowest BCUT2D eigenvalue weighted by molar-refractivity contribution is -0.221. The molecule has 0 unspecified atom stereocenters. The molecule has 1 aliphatic carbocycles. The van der Waals surface area contributed by atoms with E-state index in [2.05, 4.69) is 23.1 Å². The van der Waals surface area contributed by atoms with Crippen LogP contribution in [0.4, 0.5) is 0 Å². The predicted octanol–water partition coefficient (Wildman–Crippen LogP) is 5.85. The topological polar surface area (TPSA) is 57.2 Å². The number of nitrogens with zero attached hydrogens (tertiary/aromatic N) is 1. The first kappa shape index (κ1) is 23.5. The number of hydrogen-bond acceptors (Lipinski definition) is 6. The molecular formula is C31H32ClNO5. The average molecular weight is 534 g/mol. The molecule has 8 rings (SSSR count). The molecule has 38 heavy (non-hydrogen) atoms. The van der Waals surface area contributed by atoms with Gasteiger partial charge in [0.05, 0.1) is 17.0 Å². The Morgan fingerprint density at radius 1 is 0.947 bits per heavy atom. The molecule has 2 aromatic carbocycles. The van der Waals surface area contributed by atoms with Crippen molar-refractivity contribution < 1.29 is 23.7 Å². The number of carbonyl (C=O) groups excluding carboxylic acids is 1. The molecule has 5 heterocycles. The van der Waals surface area contributed by atoms with Crippen molar-refractivity contribution in [1.29, 1.82) is 0 Å². The van der Waals surface area contributed by atoms with Crippen LogP contribution in [0.25, 0.3) is 0 Å². The molecule has 198 valence electrons. The van der Waals surface area contributed by atoms with Crippen molar-refractivity contribution in [3.8, 4) is 5.75 Å². The van der Waals surface area contributed by atoms with E-state index in [0.717, 1.165) is 56.4 Å². The number of carbonyl (C=O) groups is 1. The van der Waals surface area contributed by atoms with Gasteiger partial charge in [0, 0.05) is 29.8 Å². The van der Waals surface area contributed by atoms with E-state index in [1.54, 1.807) is 0 Å². The lowest BCUT2D eigenvalue weighted by Gasteiger charge is -2.43. The van der Waals surface area contributed by atoms with Crippen molar-refractivity contribution in [2.45, 2.75) is 81.1 Å². The molecule has 2 aromatic rings. The van der Waals surface area contributed by atoms with Crippen LogP contribution in [-0.4, -0.2) is 54.1 Å². The number of halogens is 1. The zero-order valence-electron chi connectivity index (χ0n) is 21.3. The summed E-state index contributed by atoms with van der Waals surface area (Å²) in [4.78, 5) is 17.2. The Kier molecular flexibility index (Phi) is 5.29. The molecule has 0 N–H and O–H groups in total. The Hall–Kier alpha value is -2.38. The van der Waals surface area contributed by atoms with Crippen LogP contribution in [0.1, 0.15) is 66.8 Å². The number of Topliss-reactive ketones (excluding diaryl/α,β-unsaturated/α-hetero) is 1. The lowest BCUT2D eigenvalue weighted by atomic mass is 9.63. The number of para-hydroxylation sites is 1. The van der Waals surface area contributed by atoms with Gasteiger partial charge in [0.25, 0.3) is 0 Å². The van der Waals surface area contributed by atoms with Gasteiger partial charge >= 0.3 is 0 Å².